The van der Waals surface area contributed by atoms with Gasteiger partial charge in [-0.05, 0) is 26.2 Å². The molecule has 0 heterocycles. The van der Waals surface area contributed by atoms with Crippen LogP contribution < -0.4 is 0 Å². The Bertz CT molecular complexity index is 279. The summed E-state index contributed by atoms with van der Waals surface area (Å²) in [4.78, 5) is 22.9. The fraction of sp³-hybridized carbons (Fsp3) is 0.692. The van der Waals surface area contributed by atoms with E-state index in [0.717, 1.165) is 6.42 Å². The molecule has 0 spiro atoms. The van der Waals surface area contributed by atoms with E-state index in [4.69, 9.17) is 9.47 Å². The highest BCUT2D eigenvalue weighted by Crippen LogP contribution is 2.11. The van der Waals surface area contributed by atoms with Crippen molar-refractivity contribution in [3.8, 4) is 0 Å². The van der Waals surface area contributed by atoms with Crippen LogP contribution in [0.4, 0.5) is 0 Å². The summed E-state index contributed by atoms with van der Waals surface area (Å²) >= 11 is 0. The van der Waals surface area contributed by atoms with Gasteiger partial charge in [-0.1, -0.05) is 19.9 Å². The summed E-state index contributed by atoms with van der Waals surface area (Å²) in [5, 5.41) is 0. The maximum Gasteiger partial charge on any atom is 0.334 e. The van der Waals surface area contributed by atoms with Crippen LogP contribution in [0.1, 0.15) is 40.5 Å². The molecule has 98 valence electrons. The van der Waals surface area contributed by atoms with Crippen molar-refractivity contribution in [1.82, 2.24) is 0 Å². The van der Waals surface area contributed by atoms with Crippen molar-refractivity contribution < 1.29 is 19.1 Å². The smallest absolute Gasteiger partial charge is 0.334 e. The highest BCUT2D eigenvalue weighted by molar-refractivity contribution is 5.93. The van der Waals surface area contributed by atoms with Crippen molar-refractivity contribution in [3.05, 3.63) is 11.6 Å². The van der Waals surface area contributed by atoms with Gasteiger partial charge in [0.25, 0.3) is 0 Å². The van der Waals surface area contributed by atoms with Gasteiger partial charge < -0.3 is 9.47 Å². The average molecular weight is 242 g/mol. The van der Waals surface area contributed by atoms with E-state index in [1.54, 1.807) is 19.9 Å². The number of hydrogen-bond donors (Lipinski definition) is 0. The van der Waals surface area contributed by atoms with Crippen molar-refractivity contribution in [2.45, 2.75) is 40.5 Å². The molecule has 17 heavy (non-hydrogen) atoms. The largest absolute Gasteiger partial charge is 0.466 e. The lowest BCUT2D eigenvalue weighted by Gasteiger charge is -2.08. The molecular formula is C13H22O4. The minimum atomic E-state index is -0.429. The lowest BCUT2D eigenvalue weighted by atomic mass is 10.1. The van der Waals surface area contributed by atoms with Crippen LogP contribution in [-0.2, 0) is 19.1 Å². The third-order valence-corrected chi connectivity index (χ3v) is 2.01. The fourth-order valence-corrected chi connectivity index (χ4v) is 1.20. The standard InChI is InChI=1S/C13H22O4/c1-5-16-12(14)9-11(8-7-10(3)4)13(15)17-6-2/h8,10H,5-7,9H2,1-4H3/b11-8-. The van der Waals surface area contributed by atoms with Gasteiger partial charge in [-0.3, -0.25) is 4.79 Å². The summed E-state index contributed by atoms with van der Waals surface area (Å²) < 4.78 is 9.72. The predicted octanol–water partition coefficient (Wildman–Crippen LogP) is 2.48. The Balaban J connectivity index is 4.55. The number of allylic oxidation sites excluding steroid dienone is 1. The average Bonchev–Trinajstić information content (AvgIpc) is 2.24. The Labute approximate surface area is 103 Å². The number of carbonyl (C=O) groups excluding carboxylic acids is 2. The summed E-state index contributed by atoms with van der Waals surface area (Å²) in [7, 11) is 0. The van der Waals surface area contributed by atoms with E-state index in [9.17, 15) is 9.59 Å². The molecule has 0 rings (SSSR count). The van der Waals surface area contributed by atoms with Gasteiger partial charge in [-0.25, -0.2) is 4.79 Å². The monoisotopic (exact) mass is 242 g/mol. The molecule has 0 aliphatic heterocycles. The first-order valence-corrected chi connectivity index (χ1v) is 6.03. The van der Waals surface area contributed by atoms with Gasteiger partial charge in [0, 0.05) is 5.57 Å². The van der Waals surface area contributed by atoms with Gasteiger partial charge in [-0.15, -0.1) is 0 Å². The van der Waals surface area contributed by atoms with Crippen molar-refractivity contribution in [1.29, 1.82) is 0 Å². The molecule has 0 aliphatic rings. The number of rotatable bonds is 7. The molecule has 0 aromatic heterocycles. The first-order valence-electron chi connectivity index (χ1n) is 6.03. The van der Waals surface area contributed by atoms with Gasteiger partial charge in [0.1, 0.15) is 0 Å². The number of hydrogen-bond acceptors (Lipinski definition) is 4. The molecule has 0 N–H and O–H groups in total. The predicted molar refractivity (Wildman–Crippen MR) is 65.4 cm³/mol. The third kappa shape index (κ3) is 7.55. The van der Waals surface area contributed by atoms with E-state index < -0.39 is 11.9 Å². The second-order valence-corrected chi connectivity index (χ2v) is 4.06. The van der Waals surface area contributed by atoms with Crippen molar-refractivity contribution >= 4 is 11.9 Å². The molecule has 0 aromatic carbocycles. The number of esters is 2. The van der Waals surface area contributed by atoms with E-state index >= 15 is 0 Å². The molecule has 0 fully saturated rings. The molecule has 0 unspecified atom stereocenters. The Hall–Kier alpha value is -1.32. The van der Waals surface area contributed by atoms with Gasteiger partial charge in [0.05, 0.1) is 19.6 Å². The first kappa shape index (κ1) is 15.7. The van der Waals surface area contributed by atoms with Crippen molar-refractivity contribution in [3.63, 3.8) is 0 Å². The zero-order chi connectivity index (χ0) is 13.3. The van der Waals surface area contributed by atoms with Crippen LogP contribution in [0.2, 0.25) is 0 Å². The van der Waals surface area contributed by atoms with Crippen LogP contribution >= 0.6 is 0 Å². The molecule has 4 nitrogen and oxygen atoms in total. The zero-order valence-electron chi connectivity index (χ0n) is 11.1. The number of carbonyl (C=O) groups is 2. The normalized spacial score (nSPS) is 11.5. The maximum absolute atomic E-state index is 11.6. The van der Waals surface area contributed by atoms with E-state index in [1.165, 1.54) is 0 Å². The Kier molecular flexibility index (Phi) is 8.11. The molecule has 0 radical (unpaired) electrons. The fourth-order valence-electron chi connectivity index (χ4n) is 1.20. The zero-order valence-corrected chi connectivity index (χ0v) is 11.1. The Morgan fingerprint density at radius 1 is 1.12 bits per heavy atom. The molecule has 0 saturated heterocycles. The van der Waals surface area contributed by atoms with Gasteiger partial charge in [0.2, 0.25) is 0 Å². The topological polar surface area (TPSA) is 52.6 Å². The molecule has 0 amide bonds. The lowest BCUT2D eigenvalue weighted by molar-refractivity contribution is -0.145. The molecular weight excluding hydrogens is 220 g/mol. The molecule has 0 aliphatic carbocycles. The summed E-state index contributed by atoms with van der Waals surface area (Å²) in [5.74, 6) is -0.390. The molecule has 4 heteroatoms. The highest BCUT2D eigenvalue weighted by atomic mass is 16.5. The SMILES string of the molecule is CCOC(=O)C/C(=C/CC(C)C)C(=O)OCC. The minimum absolute atomic E-state index is 0.0145. The van der Waals surface area contributed by atoms with Gasteiger partial charge >= 0.3 is 11.9 Å². The Morgan fingerprint density at radius 2 is 1.71 bits per heavy atom. The highest BCUT2D eigenvalue weighted by Gasteiger charge is 2.15. The van der Waals surface area contributed by atoms with E-state index in [1.807, 2.05) is 13.8 Å². The second kappa shape index (κ2) is 8.79. The summed E-state index contributed by atoms with van der Waals surface area (Å²) in [5.41, 5.74) is 0.388. The van der Waals surface area contributed by atoms with Crippen LogP contribution in [-0.4, -0.2) is 25.2 Å². The van der Waals surface area contributed by atoms with Crippen molar-refractivity contribution in [2.75, 3.05) is 13.2 Å². The third-order valence-electron chi connectivity index (χ3n) is 2.01. The first-order chi connectivity index (χ1) is 8.01. The summed E-state index contributed by atoms with van der Waals surface area (Å²) in [6.07, 6.45) is 2.49. The van der Waals surface area contributed by atoms with E-state index in [2.05, 4.69) is 0 Å². The molecule has 0 aromatic rings. The lowest BCUT2D eigenvalue weighted by Crippen LogP contribution is -2.14. The van der Waals surface area contributed by atoms with Gasteiger partial charge in [0.15, 0.2) is 0 Å². The maximum atomic E-state index is 11.6. The molecule has 0 atom stereocenters. The second-order valence-electron chi connectivity index (χ2n) is 4.06. The molecule has 0 bridgehead atoms. The van der Waals surface area contributed by atoms with E-state index in [-0.39, 0.29) is 6.42 Å². The van der Waals surface area contributed by atoms with Crippen LogP contribution in [0.25, 0.3) is 0 Å². The number of ether oxygens (including phenoxy) is 2. The van der Waals surface area contributed by atoms with Crippen LogP contribution in [0.5, 0.6) is 0 Å². The summed E-state index contributed by atoms with van der Waals surface area (Å²) in [6.45, 7) is 8.19. The van der Waals surface area contributed by atoms with Gasteiger partial charge in [-0.2, -0.15) is 0 Å². The van der Waals surface area contributed by atoms with Crippen LogP contribution in [0, 0.1) is 5.92 Å². The van der Waals surface area contributed by atoms with Crippen LogP contribution in [0.15, 0.2) is 11.6 Å². The van der Waals surface area contributed by atoms with E-state index in [0.29, 0.717) is 24.7 Å². The van der Waals surface area contributed by atoms with Crippen LogP contribution in [0.3, 0.4) is 0 Å². The molecule has 0 saturated carbocycles. The van der Waals surface area contributed by atoms with Crippen molar-refractivity contribution in [2.24, 2.45) is 5.92 Å². The quantitative estimate of drug-likeness (QED) is 0.508. The summed E-state index contributed by atoms with van der Waals surface area (Å²) in [6, 6.07) is 0. The Morgan fingerprint density at radius 3 is 2.18 bits per heavy atom. The minimum Gasteiger partial charge on any atom is -0.466 e.